The molecule has 30 heavy (non-hydrogen) atoms. The summed E-state index contributed by atoms with van der Waals surface area (Å²) in [6, 6.07) is 10.5. The molecular formula is C21H14ClFN4O2S. The van der Waals surface area contributed by atoms with Gasteiger partial charge in [-0.1, -0.05) is 11.6 Å². The van der Waals surface area contributed by atoms with Gasteiger partial charge in [-0.2, -0.15) is 0 Å². The molecule has 0 unspecified atom stereocenters. The maximum absolute atomic E-state index is 13.3. The molecular weight excluding hydrogens is 427 g/mol. The van der Waals surface area contributed by atoms with Crippen molar-refractivity contribution < 1.29 is 14.0 Å². The van der Waals surface area contributed by atoms with Gasteiger partial charge in [0.05, 0.1) is 15.4 Å². The average molecular weight is 441 g/mol. The predicted molar refractivity (Wildman–Crippen MR) is 117 cm³/mol. The summed E-state index contributed by atoms with van der Waals surface area (Å²) in [7, 11) is 0. The summed E-state index contributed by atoms with van der Waals surface area (Å²) in [6.45, 7) is 1.50. The van der Waals surface area contributed by atoms with Crippen LogP contribution in [0.15, 0.2) is 54.9 Å². The zero-order valence-corrected chi connectivity index (χ0v) is 17.1. The molecule has 0 aliphatic rings. The molecule has 0 saturated carbocycles. The third-order valence-corrected chi connectivity index (χ3v) is 5.75. The van der Waals surface area contributed by atoms with E-state index in [1.165, 1.54) is 36.5 Å². The van der Waals surface area contributed by atoms with E-state index in [-0.39, 0.29) is 10.8 Å². The Balaban J connectivity index is 1.69. The lowest BCUT2D eigenvalue weighted by atomic mass is 10.1. The van der Waals surface area contributed by atoms with E-state index in [1.54, 1.807) is 24.5 Å². The van der Waals surface area contributed by atoms with Crippen molar-refractivity contribution in [3.05, 3.63) is 70.6 Å². The fourth-order valence-electron chi connectivity index (χ4n) is 2.82. The van der Waals surface area contributed by atoms with Crippen molar-refractivity contribution in [2.75, 3.05) is 10.6 Å². The van der Waals surface area contributed by atoms with Crippen molar-refractivity contribution in [3.63, 3.8) is 0 Å². The Bertz CT molecular complexity index is 1290. The smallest absolute Gasteiger partial charge is 0.308 e. The van der Waals surface area contributed by atoms with Crippen LogP contribution in [-0.4, -0.2) is 21.8 Å². The van der Waals surface area contributed by atoms with Crippen LogP contribution in [0.1, 0.15) is 16.6 Å². The van der Waals surface area contributed by atoms with Crippen molar-refractivity contribution in [3.8, 4) is 10.4 Å². The van der Waals surface area contributed by atoms with Crippen molar-refractivity contribution in [2.24, 2.45) is 0 Å². The standard InChI is InChI=1S/C21H14ClFN4O2S/c1-11(28)18-4-5-19(30-18)14-8-12-10-24-7-6-17(12)26-20(14)27-21(29)25-13-2-3-16(23)15(22)9-13/h2-10H,1H3,(H2,25,26,27,29). The highest BCUT2D eigenvalue weighted by Gasteiger charge is 2.15. The summed E-state index contributed by atoms with van der Waals surface area (Å²) in [5.41, 5.74) is 1.64. The monoisotopic (exact) mass is 440 g/mol. The van der Waals surface area contributed by atoms with E-state index >= 15 is 0 Å². The highest BCUT2D eigenvalue weighted by molar-refractivity contribution is 7.17. The van der Waals surface area contributed by atoms with Gasteiger partial charge in [-0.25, -0.2) is 14.2 Å². The third-order valence-electron chi connectivity index (χ3n) is 4.24. The topological polar surface area (TPSA) is 84.0 Å². The van der Waals surface area contributed by atoms with Crippen LogP contribution in [-0.2, 0) is 0 Å². The predicted octanol–water partition coefficient (Wildman–Crippen LogP) is 6.00. The molecule has 0 saturated heterocycles. The van der Waals surface area contributed by atoms with Crippen LogP contribution in [0.5, 0.6) is 0 Å². The second kappa shape index (κ2) is 8.17. The number of anilines is 2. The Morgan fingerprint density at radius 3 is 2.67 bits per heavy atom. The first kappa shape index (κ1) is 19.9. The molecule has 0 spiro atoms. The molecule has 6 nitrogen and oxygen atoms in total. The first-order valence-electron chi connectivity index (χ1n) is 8.79. The van der Waals surface area contributed by atoms with Gasteiger partial charge in [0, 0.05) is 33.9 Å². The van der Waals surface area contributed by atoms with Gasteiger partial charge in [0.1, 0.15) is 11.6 Å². The minimum Gasteiger partial charge on any atom is -0.308 e. The van der Waals surface area contributed by atoms with Gasteiger partial charge in [-0.05, 0) is 49.4 Å². The number of ketones is 1. The number of carbonyl (C=O) groups excluding carboxylic acids is 2. The number of halogens is 2. The number of hydrogen-bond acceptors (Lipinski definition) is 5. The van der Waals surface area contributed by atoms with Crippen molar-refractivity contribution in [2.45, 2.75) is 6.92 Å². The summed E-state index contributed by atoms with van der Waals surface area (Å²) < 4.78 is 13.3. The van der Waals surface area contributed by atoms with Crippen LogP contribution in [0.4, 0.5) is 20.7 Å². The molecule has 2 N–H and O–H groups in total. The fraction of sp³-hybridized carbons (Fsp3) is 0.0476. The number of pyridine rings is 2. The number of nitrogens with one attached hydrogen (secondary N) is 2. The van der Waals surface area contributed by atoms with E-state index in [2.05, 4.69) is 20.6 Å². The number of carbonyl (C=O) groups is 2. The zero-order chi connectivity index (χ0) is 21.3. The number of aromatic nitrogens is 2. The van der Waals surface area contributed by atoms with Crippen molar-refractivity contribution >= 4 is 57.2 Å². The number of thiophene rings is 1. The molecule has 2 amide bonds. The Labute approximate surface area is 179 Å². The van der Waals surface area contributed by atoms with E-state index in [1.807, 2.05) is 12.1 Å². The maximum atomic E-state index is 13.3. The van der Waals surface area contributed by atoms with E-state index in [0.29, 0.717) is 27.5 Å². The van der Waals surface area contributed by atoms with Crippen LogP contribution >= 0.6 is 22.9 Å². The van der Waals surface area contributed by atoms with E-state index in [9.17, 15) is 14.0 Å². The number of benzene rings is 1. The van der Waals surface area contributed by atoms with Crippen LogP contribution in [0.25, 0.3) is 21.3 Å². The van der Waals surface area contributed by atoms with Gasteiger partial charge < -0.3 is 5.32 Å². The Morgan fingerprint density at radius 1 is 1.10 bits per heavy atom. The van der Waals surface area contributed by atoms with Crippen molar-refractivity contribution in [1.82, 2.24) is 9.97 Å². The van der Waals surface area contributed by atoms with Crippen LogP contribution in [0.3, 0.4) is 0 Å². The first-order chi connectivity index (χ1) is 14.4. The number of amides is 2. The second-order valence-corrected chi connectivity index (χ2v) is 7.87. The molecule has 3 aromatic heterocycles. The molecule has 1 aromatic carbocycles. The Kier molecular flexibility index (Phi) is 5.43. The summed E-state index contributed by atoms with van der Waals surface area (Å²) in [5, 5.41) is 6.03. The molecule has 9 heteroatoms. The van der Waals surface area contributed by atoms with Gasteiger partial charge in [0.15, 0.2) is 5.78 Å². The van der Waals surface area contributed by atoms with Crippen LogP contribution < -0.4 is 10.6 Å². The van der Waals surface area contributed by atoms with Gasteiger partial charge >= 0.3 is 6.03 Å². The third kappa shape index (κ3) is 4.14. The van der Waals surface area contributed by atoms with Gasteiger partial charge in [-0.3, -0.25) is 15.1 Å². The Hall–Kier alpha value is -3.36. The zero-order valence-electron chi connectivity index (χ0n) is 15.6. The Morgan fingerprint density at radius 2 is 1.93 bits per heavy atom. The van der Waals surface area contributed by atoms with Gasteiger partial charge in [0.25, 0.3) is 0 Å². The molecule has 0 radical (unpaired) electrons. The molecule has 0 aliphatic carbocycles. The quantitative estimate of drug-likeness (QED) is 0.381. The molecule has 4 aromatic rings. The SMILES string of the molecule is CC(=O)c1ccc(-c2cc3cnccc3nc2NC(=O)Nc2ccc(F)c(Cl)c2)s1. The normalized spacial score (nSPS) is 10.8. The molecule has 4 rings (SSSR count). The molecule has 0 bridgehead atoms. The lowest BCUT2D eigenvalue weighted by Crippen LogP contribution is -2.20. The molecule has 3 heterocycles. The lowest BCUT2D eigenvalue weighted by molar-refractivity contribution is 0.102. The minimum absolute atomic E-state index is 0.0397. The number of hydrogen-bond donors (Lipinski definition) is 2. The van der Waals surface area contributed by atoms with E-state index < -0.39 is 11.8 Å². The van der Waals surface area contributed by atoms with E-state index in [4.69, 9.17) is 11.6 Å². The molecule has 0 aliphatic heterocycles. The second-order valence-electron chi connectivity index (χ2n) is 6.38. The highest BCUT2D eigenvalue weighted by atomic mass is 35.5. The largest absolute Gasteiger partial charge is 0.324 e. The number of fused-ring (bicyclic) bond motifs is 1. The number of rotatable bonds is 4. The lowest BCUT2D eigenvalue weighted by Gasteiger charge is -2.12. The number of urea groups is 1. The van der Waals surface area contributed by atoms with Crippen molar-refractivity contribution in [1.29, 1.82) is 0 Å². The maximum Gasteiger partial charge on any atom is 0.324 e. The molecule has 0 atom stereocenters. The summed E-state index contributed by atoms with van der Waals surface area (Å²) in [4.78, 5) is 34.3. The van der Waals surface area contributed by atoms with Crippen LogP contribution in [0, 0.1) is 5.82 Å². The van der Waals surface area contributed by atoms with Crippen LogP contribution in [0.2, 0.25) is 5.02 Å². The minimum atomic E-state index is -0.575. The van der Waals surface area contributed by atoms with Gasteiger partial charge in [0.2, 0.25) is 0 Å². The van der Waals surface area contributed by atoms with E-state index in [0.717, 1.165) is 10.3 Å². The molecule has 0 fully saturated rings. The average Bonchev–Trinajstić information content (AvgIpc) is 3.20. The summed E-state index contributed by atoms with van der Waals surface area (Å²) in [5.74, 6) is -0.299. The number of nitrogens with zero attached hydrogens (tertiary/aromatic N) is 2. The number of Topliss-reactive ketones (excluding diaryl/α,β-unsaturated/α-hetero) is 1. The molecule has 150 valence electrons. The van der Waals surface area contributed by atoms with Gasteiger partial charge in [-0.15, -0.1) is 11.3 Å². The fourth-order valence-corrected chi connectivity index (χ4v) is 3.91. The summed E-state index contributed by atoms with van der Waals surface area (Å²) >= 11 is 7.08. The summed E-state index contributed by atoms with van der Waals surface area (Å²) in [6.07, 6.45) is 3.29. The first-order valence-corrected chi connectivity index (χ1v) is 9.99. The highest BCUT2D eigenvalue weighted by Crippen LogP contribution is 2.35.